The molecule has 0 unspecified atom stereocenters. The second kappa shape index (κ2) is 7.75. The van der Waals surface area contributed by atoms with Crippen LogP contribution in [0.25, 0.3) is 0 Å². The van der Waals surface area contributed by atoms with Crippen molar-refractivity contribution in [3.8, 4) is 6.07 Å². The first kappa shape index (κ1) is 16.9. The van der Waals surface area contributed by atoms with Gasteiger partial charge in [-0.05, 0) is 30.5 Å². The molecule has 1 atom stereocenters. The number of thiophene rings is 1. The average Bonchev–Trinajstić information content (AvgIpc) is 3.14. The van der Waals surface area contributed by atoms with Crippen LogP contribution in [0.1, 0.15) is 22.2 Å². The zero-order chi connectivity index (χ0) is 16.9. The molecule has 0 amide bonds. The van der Waals surface area contributed by atoms with E-state index in [9.17, 15) is 5.26 Å². The van der Waals surface area contributed by atoms with E-state index in [1.54, 1.807) is 11.3 Å². The number of hydrogen-bond donors (Lipinski definition) is 0. The maximum absolute atomic E-state index is 9.19. The number of rotatable bonds is 5. The van der Waals surface area contributed by atoms with Gasteiger partial charge in [0.15, 0.2) is 0 Å². The Morgan fingerprint density at radius 1 is 1.42 bits per heavy atom. The molecule has 24 heavy (non-hydrogen) atoms. The number of pyridine rings is 1. The number of nitrogens with zero attached hydrogens (tertiary/aromatic N) is 4. The highest BCUT2D eigenvalue weighted by Crippen LogP contribution is 2.28. The minimum absolute atomic E-state index is 0.312. The van der Waals surface area contributed by atoms with Crippen molar-refractivity contribution < 1.29 is 4.74 Å². The van der Waals surface area contributed by atoms with E-state index in [4.69, 9.17) is 4.74 Å². The lowest BCUT2D eigenvalue weighted by Crippen LogP contribution is -2.43. The molecule has 1 aliphatic heterocycles. The zero-order valence-electron chi connectivity index (χ0n) is 14.1. The zero-order valence-corrected chi connectivity index (χ0v) is 14.9. The molecule has 2 aromatic heterocycles. The molecule has 1 saturated heterocycles. The van der Waals surface area contributed by atoms with E-state index in [1.807, 2.05) is 26.1 Å². The maximum Gasteiger partial charge on any atom is 0.129 e. The number of nitriles is 1. The molecule has 0 aliphatic carbocycles. The van der Waals surface area contributed by atoms with Gasteiger partial charge in [-0.1, -0.05) is 6.07 Å². The lowest BCUT2D eigenvalue weighted by atomic mass is 10.1. The van der Waals surface area contributed by atoms with E-state index in [0.717, 1.165) is 44.4 Å². The van der Waals surface area contributed by atoms with Crippen LogP contribution in [0.15, 0.2) is 29.6 Å². The van der Waals surface area contributed by atoms with E-state index >= 15 is 0 Å². The van der Waals surface area contributed by atoms with Crippen LogP contribution in [-0.4, -0.2) is 49.8 Å². The molecule has 3 rings (SSSR count). The molecule has 2 aromatic rings. The number of aromatic nitrogens is 1. The normalized spacial score (nSPS) is 16.5. The molecule has 0 N–H and O–H groups in total. The molecular formula is C18H22N4OS. The summed E-state index contributed by atoms with van der Waals surface area (Å²) in [5.41, 5.74) is 1.53. The highest BCUT2D eigenvalue weighted by molar-refractivity contribution is 7.10. The molecule has 0 aromatic carbocycles. The summed E-state index contributed by atoms with van der Waals surface area (Å²) in [6.07, 6.45) is 0. The van der Waals surface area contributed by atoms with Crippen LogP contribution < -0.4 is 4.90 Å². The van der Waals surface area contributed by atoms with Crippen molar-refractivity contribution in [2.24, 2.45) is 0 Å². The first-order valence-electron chi connectivity index (χ1n) is 8.12. The van der Waals surface area contributed by atoms with Crippen molar-refractivity contribution in [1.82, 2.24) is 9.88 Å². The molecule has 0 bridgehead atoms. The van der Waals surface area contributed by atoms with Gasteiger partial charge in [0.2, 0.25) is 0 Å². The summed E-state index contributed by atoms with van der Waals surface area (Å²) < 4.78 is 5.50. The van der Waals surface area contributed by atoms with E-state index < -0.39 is 0 Å². The number of anilines is 1. The summed E-state index contributed by atoms with van der Waals surface area (Å²) in [5, 5.41) is 11.3. The van der Waals surface area contributed by atoms with E-state index in [-0.39, 0.29) is 0 Å². The highest BCUT2D eigenvalue weighted by atomic mass is 32.1. The number of morpholine rings is 1. The van der Waals surface area contributed by atoms with Crippen LogP contribution in [0, 0.1) is 18.3 Å². The van der Waals surface area contributed by atoms with Crippen LogP contribution >= 0.6 is 11.3 Å². The maximum atomic E-state index is 9.19. The topological polar surface area (TPSA) is 52.4 Å². The summed E-state index contributed by atoms with van der Waals surface area (Å²) in [5.74, 6) is 0.848. The van der Waals surface area contributed by atoms with Gasteiger partial charge in [0.1, 0.15) is 5.82 Å². The summed E-state index contributed by atoms with van der Waals surface area (Å²) in [6.45, 7) is 6.22. The van der Waals surface area contributed by atoms with Gasteiger partial charge < -0.3 is 9.64 Å². The Kier molecular flexibility index (Phi) is 5.46. The van der Waals surface area contributed by atoms with Gasteiger partial charge >= 0.3 is 0 Å². The van der Waals surface area contributed by atoms with E-state index in [2.05, 4.69) is 38.4 Å². The van der Waals surface area contributed by atoms with Gasteiger partial charge in [-0.15, -0.1) is 11.3 Å². The number of ether oxygens (including phenoxy) is 1. The minimum Gasteiger partial charge on any atom is -0.379 e. The second-order valence-electron chi connectivity index (χ2n) is 6.03. The average molecular weight is 342 g/mol. The molecule has 3 heterocycles. The first-order chi connectivity index (χ1) is 11.7. The van der Waals surface area contributed by atoms with Crippen LogP contribution in [0.5, 0.6) is 0 Å². The van der Waals surface area contributed by atoms with Crippen LogP contribution in [0.4, 0.5) is 5.82 Å². The predicted octanol–water partition coefficient (Wildman–Crippen LogP) is 2.83. The smallest absolute Gasteiger partial charge is 0.129 e. The monoisotopic (exact) mass is 342 g/mol. The quantitative estimate of drug-likeness (QED) is 0.836. The van der Waals surface area contributed by atoms with E-state index in [0.29, 0.717) is 11.6 Å². The van der Waals surface area contributed by atoms with Crippen molar-refractivity contribution in [3.63, 3.8) is 0 Å². The lowest BCUT2D eigenvalue weighted by molar-refractivity contribution is 0.0183. The van der Waals surface area contributed by atoms with Crippen molar-refractivity contribution in [2.45, 2.75) is 13.0 Å². The molecule has 126 valence electrons. The third-order valence-electron chi connectivity index (χ3n) is 4.26. The first-order valence-corrected chi connectivity index (χ1v) is 9.00. The Balaban J connectivity index is 1.81. The van der Waals surface area contributed by atoms with Crippen molar-refractivity contribution >= 4 is 17.2 Å². The number of aryl methyl sites for hydroxylation is 1. The fourth-order valence-corrected chi connectivity index (χ4v) is 3.87. The summed E-state index contributed by atoms with van der Waals surface area (Å²) in [6, 6.07) is 10.5. The number of hydrogen-bond acceptors (Lipinski definition) is 6. The molecular weight excluding hydrogens is 320 g/mol. The summed E-state index contributed by atoms with van der Waals surface area (Å²) in [7, 11) is 2.05. The minimum atomic E-state index is 0.312. The Morgan fingerprint density at radius 2 is 2.21 bits per heavy atom. The Morgan fingerprint density at radius 3 is 2.88 bits per heavy atom. The van der Waals surface area contributed by atoms with Gasteiger partial charge in [0, 0.05) is 37.3 Å². The summed E-state index contributed by atoms with van der Waals surface area (Å²) in [4.78, 5) is 10.6. The molecule has 5 nitrogen and oxygen atoms in total. The Bertz CT molecular complexity index is 704. The van der Waals surface area contributed by atoms with Gasteiger partial charge in [0.25, 0.3) is 0 Å². The molecule has 1 fully saturated rings. The summed E-state index contributed by atoms with van der Waals surface area (Å²) >= 11 is 1.79. The largest absolute Gasteiger partial charge is 0.379 e. The van der Waals surface area contributed by atoms with Crippen molar-refractivity contribution in [2.75, 3.05) is 44.8 Å². The van der Waals surface area contributed by atoms with E-state index in [1.165, 1.54) is 4.88 Å². The lowest BCUT2D eigenvalue weighted by Gasteiger charge is -2.36. The standard InChI is InChI=1S/C18H22N4OS/c1-14-10-15(12-19)11-18(20-14)21(2)13-16(17-4-3-9-24-17)22-5-7-23-8-6-22/h3-4,9-11,16H,5-8,13H2,1-2H3/t16-/m0/s1. The van der Waals surface area contributed by atoms with Crippen LogP contribution in [-0.2, 0) is 4.74 Å². The molecule has 1 aliphatic rings. The van der Waals surface area contributed by atoms with Crippen molar-refractivity contribution in [3.05, 3.63) is 45.8 Å². The SMILES string of the molecule is Cc1cc(C#N)cc(N(C)C[C@@H](c2cccs2)N2CCOCC2)n1. The third-order valence-corrected chi connectivity index (χ3v) is 5.24. The highest BCUT2D eigenvalue weighted by Gasteiger charge is 2.25. The molecule has 0 spiro atoms. The Labute approximate surface area is 147 Å². The van der Waals surface area contributed by atoms with Gasteiger partial charge in [0.05, 0.1) is 30.9 Å². The molecule has 0 saturated carbocycles. The van der Waals surface area contributed by atoms with Gasteiger partial charge in [-0.2, -0.15) is 5.26 Å². The van der Waals surface area contributed by atoms with Crippen LogP contribution in [0.3, 0.4) is 0 Å². The second-order valence-corrected chi connectivity index (χ2v) is 7.01. The van der Waals surface area contributed by atoms with Crippen LogP contribution in [0.2, 0.25) is 0 Å². The number of likely N-dealkylation sites (N-methyl/N-ethyl adjacent to an activating group) is 1. The third kappa shape index (κ3) is 3.93. The fourth-order valence-electron chi connectivity index (χ4n) is 3.02. The fraction of sp³-hybridized carbons (Fsp3) is 0.444. The van der Waals surface area contributed by atoms with Gasteiger partial charge in [-0.25, -0.2) is 4.98 Å². The molecule has 6 heteroatoms. The predicted molar refractivity (Wildman–Crippen MR) is 96.4 cm³/mol. The Hall–Kier alpha value is -1.94. The van der Waals surface area contributed by atoms with Gasteiger partial charge in [-0.3, -0.25) is 4.90 Å². The van der Waals surface area contributed by atoms with Crippen molar-refractivity contribution in [1.29, 1.82) is 5.26 Å². The molecule has 0 radical (unpaired) electrons.